The Balaban J connectivity index is 1.74. The van der Waals surface area contributed by atoms with Crippen LogP contribution in [0, 0.1) is 0 Å². The number of nitrogens with zero attached hydrogens (tertiary/aromatic N) is 2. The van der Waals surface area contributed by atoms with E-state index in [4.69, 9.17) is 4.52 Å². The molecule has 0 saturated heterocycles. The van der Waals surface area contributed by atoms with Gasteiger partial charge in [-0.2, -0.15) is 4.98 Å². The monoisotopic (exact) mass is 237 g/mol. The molecule has 4 nitrogen and oxygen atoms in total. The second-order valence-corrected chi connectivity index (χ2v) is 5.24. The largest absolute Gasteiger partial charge is 0.339 e. The third-order valence-corrected chi connectivity index (χ3v) is 3.32. The zero-order valence-electron chi connectivity index (χ0n) is 10.9. The van der Waals surface area contributed by atoms with Gasteiger partial charge in [-0.05, 0) is 25.8 Å². The molecule has 0 spiro atoms. The van der Waals surface area contributed by atoms with Crippen LogP contribution in [0.2, 0.25) is 0 Å². The Bertz CT molecular complexity index is 329. The van der Waals surface area contributed by atoms with Crippen LogP contribution in [0.1, 0.15) is 63.6 Å². The second kappa shape index (κ2) is 6.15. The molecule has 0 amide bonds. The first-order valence-corrected chi connectivity index (χ1v) is 6.81. The number of aromatic nitrogens is 2. The normalized spacial score (nSPS) is 17.1. The third kappa shape index (κ3) is 3.80. The molecule has 0 radical (unpaired) electrons. The van der Waals surface area contributed by atoms with E-state index in [0.717, 1.165) is 31.1 Å². The number of nitrogens with one attached hydrogen (secondary N) is 1. The summed E-state index contributed by atoms with van der Waals surface area (Å²) in [5.74, 6) is 2.30. The Morgan fingerprint density at radius 2 is 2.12 bits per heavy atom. The average Bonchev–Trinajstić information content (AvgIpc) is 2.94. The fourth-order valence-electron chi connectivity index (χ4n) is 2.35. The molecule has 1 aliphatic carbocycles. The number of rotatable bonds is 6. The Kier molecular flexibility index (Phi) is 4.54. The van der Waals surface area contributed by atoms with Gasteiger partial charge in [0.05, 0.1) is 0 Å². The van der Waals surface area contributed by atoms with Crippen molar-refractivity contribution in [3.8, 4) is 0 Å². The van der Waals surface area contributed by atoms with E-state index in [-0.39, 0.29) is 0 Å². The van der Waals surface area contributed by atoms with Crippen LogP contribution in [0.3, 0.4) is 0 Å². The van der Waals surface area contributed by atoms with E-state index >= 15 is 0 Å². The van der Waals surface area contributed by atoms with Crippen LogP contribution in [-0.2, 0) is 6.42 Å². The summed E-state index contributed by atoms with van der Waals surface area (Å²) in [7, 11) is 0. The van der Waals surface area contributed by atoms with Crippen molar-refractivity contribution in [1.29, 1.82) is 0 Å². The van der Waals surface area contributed by atoms with Crippen molar-refractivity contribution < 1.29 is 4.52 Å². The third-order valence-electron chi connectivity index (χ3n) is 3.32. The van der Waals surface area contributed by atoms with Crippen LogP contribution in [0.5, 0.6) is 0 Å². The van der Waals surface area contributed by atoms with Crippen LogP contribution >= 0.6 is 0 Å². The molecule has 1 aromatic rings. The molecule has 1 aromatic heterocycles. The number of aryl methyl sites for hydroxylation is 1. The summed E-state index contributed by atoms with van der Waals surface area (Å²) in [4.78, 5) is 4.50. The Morgan fingerprint density at radius 1 is 1.35 bits per heavy atom. The lowest BCUT2D eigenvalue weighted by molar-refractivity contribution is 0.365. The second-order valence-electron chi connectivity index (χ2n) is 5.24. The van der Waals surface area contributed by atoms with Crippen molar-refractivity contribution in [2.24, 2.45) is 0 Å². The van der Waals surface area contributed by atoms with Gasteiger partial charge in [0.2, 0.25) is 5.89 Å². The zero-order chi connectivity index (χ0) is 12.1. The molecule has 1 fully saturated rings. The minimum Gasteiger partial charge on any atom is -0.339 e. The summed E-state index contributed by atoms with van der Waals surface area (Å²) < 4.78 is 5.30. The van der Waals surface area contributed by atoms with Crippen molar-refractivity contribution in [3.63, 3.8) is 0 Å². The van der Waals surface area contributed by atoms with Crippen LogP contribution in [0.25, 0.3) is 0 Å². The number of hydrogen-bond acceptors (Lipinski definition) is 4. The molecular weight excluding hydrogens is 214 g/mol. The van der Waals surface area contributed by atoms with Gasteiger partial charge in [-0.25, -0.2) is 0 Å². The van der Waals surface area contributed by atoms with Crippen molar-refractivity contribution in [3.05, 3.63) is 11.7 Å². The van der Waals surface area contributed by atoms with Gasteiger partial charge >= 0.3 is 0 Å². The summed E-state index contributed by atoms with van der Waals surface area (Å²) in [6.07, 6.45) is 7.03. The molecule has 0 aliphatic heterocycles. The van der Waals surface area contributed by atoms with E-state index in [2.05, 4.69) is 29.3 Å². The van der Waals surface area contributed by atoms with Crippen molar-refractivity contribution >= 4 is 0 Å². The first kappa shape index (κ1) is 12.6. The van der Waals surface area contributed by atoms with Crippen LogP contribution in [0.4, 0.5) is 0 Å². The molecule has 1 N–H and O–H groups in total. The Hall–Kier alpha value is -0.900. The topological polar surface area (TPSA) is 51.0 Å². The predicted octanol–water partition coefficient (Wildman–Crippen LogP) is 2.66. The van der Waals surface area contributed by atoms with E-state index in [1.54, 1.807) is 0 Å². The van der Waals surface area contributed by atoms with Crippen molar-refractivity contribution in [2.75, 3.05) is 6.54 Å². The maximum atomic E-state index is 5.30. The van der Waals surface area contributed by atoms with Gasteiger partial charge in [0.15, 0.2) is 5.82 Å². The molecule has 0 atom stereocenters. The van der Waals surface area contributed by atoms with Crippen molar-refractivity contribution in [1.82, 2.24) is 15.5 Å². The molecule has 17 heavy (non-hydrogen) atoms. The van der Waals surface area contributed by atoms with Gasteiger partial charge in [-0.1, -0.05) is 31.8 Å². The average molecular weight is 237 g/mol. The highest BCUT2D eigenvalue weighted by Gasteiger charge is 2.21. The van der Waals surface area contributed by atoms with E-state index in [9.17, 15) is 0 Å². The summed E-state index contributed by atoms with van der Waals surface area (Å²) in [6.45, 7) is 5.33. The molecule has 4 heteroatoms. The summed E-state index contributed by atoms with van der Waals surface area (Å²) in [5, 5.41) is 7.49. The van der Waals surface area contributed by atoms with Gasteiger partial charge in [-0.3, -0.25) is 0 Å². The predicted molar refractivity (Wildman–Crippen MR) is 67.0 cm³/mol. The van der Waals surface area contributed by atoms with Crippen LogP contribution in [0.15, 0.2) is 4.52 Å². The lowest BCUT2D eigenvalue weighted by atomic mass is 10.1. The molecule has 0 bridgehead atoms. The minimum absolute atomic E-state index is 0.548. The molecule has 1 heterocycles. The highest BCUT2D eigenvalue weighted by molar-refractivity contribution is 4.97. The van der Waals surface area contributed by atoms with Crippen LogP contribution in [-0.4, -0.2) is 22.7 Å². The standard InChI is InChI=1S/C13H23N3O/c1-10(2)14-9-5-8-12-15-13(16-17-12)11-6-3-4-7-11/h10-11,14H,3-9H2,1-2H3. The summed E-state index contributed by atoms with van der Waals surface area (Å²) in [6, 6.07) is 0.548. The minimum atomic E-state index is 0.548. The molecule has 96 valence electrons. The van der Waals surface area contributed by atoms with E-state index in [0.29, 0.717) is 12.0 Å². The van der Waals surface area contributed by atoms with E-state index in [1.807, 2.05) is 0 Å². The molecule has 1 saturated carbocycles. The zero-order valence-corrected chi connectivity index (χ0v) is 10.9. The maximum absolute atomic E-state index is 5.30. The first-order chi connectivity index (χ1) is 8.25. The summed E-state index contributed by atoms with van der Waals surface area (Å²) in [5.41, 5.74) is 0. The smallest absolute Gasteiger partial charge is 0.226 e. The fourth-order valence-corrected chi connectivity index (χ4v) is 2.35. The van der Waals surface area contributed by atoms with E-state index < -0.39 is 0 Å². The van der Waals surface area contributed by atoms with Crippen LogP contribution < -0.4 is 5.32 Å². The fraction of sp³-hybridized carbons (Fsp3) is 0.846. The molecule has 0 aromatic carbocycles. The van der Waals surface area contributed by atoms with Gasteiger partial charge in [0.25, 0.3) is 0 Å². The maximum Gasteiger partial charge on any atom is 0.226 e. The van der Waals surface area contributed by atoms with Crippen molar-refractivity contribution in [2.45, 2.75) is 64.3 Å². The summed E-state index contributed by atoms with van der Waals surface area (Å²) >= 11 is 0. The molecular formula is C13H23N3O. The van der Waals surface area contributed by atoms with Gasteiger partial charge in [-0.15, -0.1) is 0 Å². The van der Waals surface area contributed by atoms with E-state index in [1.165, 1.54) is 25.7 Å². The van der Waals surface area contributed by atoms with Gasteiger partial charge < -0.3 is 9.84 Å². The quantitative estimate of drug-likeness (QED) is 0.773. The highest BCUT2D eigenvalue weighted by atomic mass is 16.5. The molecule has 0 unspecified atom stereocenters. The Morgan fingerprint density at radius 3 is 2.82 bits per heavy atom. The van der Waals surface area contributed by atoms with Gasteiger partial charge in [0.1, 0.15) is 0 Å². The molecule has 1 aliphatic rings. The first-order valence-electron chi connectivity index (χ1n) is 6.81. The highest BCUT2D eigenvalue weighted by Crippen LogP contribution is 2.32. The number of hydrogen-bond donors (Lipinski definition) is 1. The lowest BCUT2D eigenvalue weighted by Crippen LogP contribution is -2.23. The van der Waals surface area contributed by atoms with Gasteiger partial charge in [0, 0.05) is 18.4 Å². The SMILES string of the molecule is CC(C)NCCCc1nc(C2CCCC2)no1. The molecule has 2 rings (SSSR count). The lowest BCUT2D eigenvalue weighted by Gasteiger charge is -2.05. The Labute approximate surface area is 103 Å².